The van der Waals surface area contributed by atoms with Crippen LogP contribution in [0.2, 0.25) is 0 Å². The molecule has 1 aliphatic rings. The Labute approximate surface area is 467 Å². The molecule has 1 atom stereocenters. The van der Waals surface area contributed by atoms with Gasteiger partial charge in [-0.2, -0.15) is 0 Å². The average Bonchev–Trinajstić information content (AvgIpc) is 4.26. The van der Waals surface area contributed by atoms with Gasteiger partial charge in [0.2, 0.25) is 0 Å². The highest BCUT2D eigenvalue weighted by molar-refractivity contribution is 8.03. The lowest BCUT2D eigenvalue weighted by molar-refractivity contribution is 1.02. The summed E-state index contributed by atoms with van der Waals surface area (Å²) in [4.78, 5) is 28.6. The Kier molecular flexibility index (Phi) is 14.6. The summed E-state index contributed by atoms with van der Waals surface area (Å²) in [6, 6.07) is 53.3. The maximum Gasteiger partial charge on any atom is 0.0473 e. The molecule has 10 aromatic heterocycles. The van der Waals surface area contributed by atoms with Crippen molar-refractivity contribution in [3.05, 3.63) is 194 Å². The summed E-state index contributed by atoms with van der Waals surface area (Å²) in [6.07, 6.45) is 13.6. The smallest absolute Gasteiger partial charge is 0.0473 e. The van der Waals surface area contributed by atoms with E-state index >= 15 is 0 Å². The van der Waals surface area contributed by atoms with Gasteiger partial charge in [-0.25, -0.2) is 0 Å². The van der Waals surface area contributed by atoms with E-state index in [1.54, 1.807) is 0 Å². The van der Waals surface area contributed by atoms with E-state index in [1.807, 2.05) is 125 Å². The first-order valence-electron chi connectivity index (χ1n) is 24.2. The third kappa shape index (κ3) is 10.4. The third-order valence-corrected chi connectivity index (χ3v) is 27.0. The largest absolute Gasteiger partial charge is 0.139 e. The van der Waals surface area contributed by atoms with Crippen molar-refractivity contribution >= 4 is 131 Å². The summed E-state index contributed by atoms with van der Waals surface area (Å²) in [6.45, 7) is 8.97. The molecule has 11 heterocycles. The molecule has 11 aromatic rings. The third-order valence-electron chi connectivity index (χ3n) is 12.7. The van der Waals surface area contributed by atoms with E-state index in [0.717, 1.165) is 25.7 Å². The Morgan fingerprint density at radius 3 is 1.12 bits per heavy atom. The van der Waals surface area contributed by atoms with E-state index in [-0.39, 0.29) is 0 Å². The highest BCUT2D eigenvalue weighted by Crippen LogP contribution is 2.50. The van der Waals surface area contributed by atoms with Gasteiger partial charge in [0.05, 0.1) is 0 Å². The Balaban J connectivity index is 0.805. The van der Waals surface area contributed by atoms with E-state index in [1.165, 1.54) is 125 Å². The topological polar surface area (TPSA) is 0 Å². The van der Waals surface area contributed by atoms with Gasteiger partial charge in [-0.05, 0) is 200 Å². The van der Waals surface area contributed by atoms with Gasteiger partial charge in [-0.3, -0.25) is 0 Å². The number of allylic oxidation sites excluding steroid dienone is 5. The minimum Gasteiger partial charge on any atom is -0.139 e. The van der Waals surface area contributed by atoms with Crippen LogP contribution in [-0.2, 0) is 19.3 Å². The van der Waals surface area contributed by atoms with E-state index in [2.05, 4.69) is 192 Å². The van der Waals surface area contributed by atoms with Crippen LogP contribution < -0.4 is 0 Å². The number of rotatable bonds is 16. The maximum atomic E-state index is 2.42. The van der Waals surface area contributed by atoms with Crippen molar-refractivity contribution in [2.75, 3.05) is 0 Å². The Bertz CT molecular complexity index is 3580. The molecular weight excluding hydrogens is 1090 g/mol. The molecule has 1 unspecified atom stereocenters. The molecule has 0 saturated carbocycles. The molecule has 0 spiro atoms. The summed E-state index contributed by atoms with van der Waals surface area (Å²) < 4.78 is 0. The Morgan fingerprint density at radius 1 is 0.403 bits per heavy atom. The normalized spacial score (nSPS) is 14.1. The molecule has 72 heavy (non-hydrogen) atoms. The zero-order chi connectivity index (χ0) is 48.7. The summed E-state index contributed by atoms with van der Waals surface area (Å²) >= 11 is 21.1. The Morgan fingerprint density at radius 2 is 0.736 bits per heavy atom. The van der Waals surface area contributed by atoms with Gasteiger partial charge in [0.1, 0.15) is 0 Å². The molecule has 0 amide bonds. The quantitative estimate of drug-likeness (QED) is 0.0869. The average molecular weight is 1130 g/mol. The SMILES string of the molecule is CCc1ccc(-c2ccc(-c3ccc(-c4ccc(-c5cc(/C(C)=C/C=C/C6=CCC(c7ccc(-c8ccc(CC)s8)s7)S6)cc(-c6ccc(-c7ccc(-c8ccc(-c9ccc(CC)s9)s8)s7)s6)c5)s4)s3)s2)s1. The predicted octanol–water partition coefficient (Wildman–Crippen LogP) is 23.7. The van der Waals surface area contributed by atoms with Crippen LogP contribution in [-0.4, -0.2) is 0 Å². The molecule has 1 aromatic carbocycles. The number of hydrogen-bond donors (Lipinski definition) is 0. The molecule has 0 N–H and O–H groups in total. The molecule has 1 aliphatic heterocycles. The second-order valence-electron chi connectivity index (χ2n) is 17.5. The molecule has 358 valence electrons. The summed E-state index contributed by atoms with van der Waals surface area (Å²) in [5.41, 5.74) is 5.03. The van der Waals surface area contributed by atoms with Crippen LogP contribution in [0.5, 0.6) is 0 Å². The van der Waals surface area contributed by atoms with Crippen LogP contribution in [0, 0.1) is 0 Å². The van der Waals surface area contributed by atoms with Gasteiger partial charge in [0.15, 0.2) is 0 Å². The fourth-order valence-corrected chi connectivity index (χ4v) is 20.6. The number of benzene rings is 1. The van der Waals surface area contributed by atoms with Gasteiger partial charge in [-0.1, -0.05) is 39.0 Å². The van der Waals surface area contributed by atoms with Crippen LogP contribution in [0.3, 0.4) is 0 Å². The highest BCUT2D eigenvalue weighted by Gasteiger charge is 2.21. The van der Waals surface area contributed by atoms with E-state index < -0.39 is 0 Å². The van der Waals surface area contributed by atoms with Gasteiger partial charge in [-0.15, -0.1) is 125 Å². The van der Waals surface area contributed by atoms with Gasteiger partial charge < -0.3 is 0 Å². The number of hydrogen-bond acceptors (Lipinski definition) is 11. The minimum atomic E-state index is 0.481. The first-order chi connectivity index (χ1) is 35.3. The molecular formula is C61H48S11. The summed E-state index contributed by atoms with van der Waals surface area (Å²) in [5.74, 6) is 0. The molecule has 0 nitrogen and oxygen atoms in total. The lowest BCUT2D eigenvalue weighted by Crippen LogP contribution is -1.85. The number of aryl methyl sites for hydroxylation is 3. The van der Waals surface area contributed by atoms with Gasteiger partial charge in [0.25, 0.3) is 0 Å². The van der Waals surface area contributed by atoms with Crippen molar-refractivity contribution in [3.8, 4) is 89.2 Å². The van der Waals surface area contributed by atoms with Crippen molar-refractivity contribution in [2.24, 2.45) is 0 Å². The lowest BCUT2D eigenvalue weighted by Gasteiger charge is -2.09. The predicted molar refractivity (Wildman–Crippen MR) is 335 cm³/mol. The summed E-state index contributed by atoms with van der Waals surface area (Å²) in [5, 5.41) is 0.481. The molecule has 0 bridgehead atoms. The Hall–Kier alpha value is -4.21. The first kappa shape index (κ1) is 48.7. The van der Waals surface area contributed by atoms with Crippen molar-refractivity contribution < 1.29 is 0 Å². The van der Waals surface area contributed by atoms with E-state index in [4.69, 9.17) is 0 Å². The zero-order valence-electron chi connectivity index (χ0n) is 40.0. The molecule has 0 aliphatic carbocycles. The molecule has 11 heteroatoms. The molecule has 0 saturated heterocycles. The highest BCUT2D eigenvalue weighted by atomic mass is 32.2. The molecule has 12 rings (SSSR count). The fraction of sp³-hybridized carbons (Fsp3) is 0.148. The minimum absolute atomic E-state index is 0.481. The van der Waals surface area contributed by atoms with Crippen molar-refractivity contribution in [1.29, 1.82) is 0 Å². The van der Waals surface area contributed by atoms with E-state index in [9.17, 15) is 0 Å². The van der Waals surface area contributed by atoms with Crippen LogP contribution in [0.1, 0.15) is 64.4 Å². The van der Waals surface area contributed by atoms with Crippen LogP contribution >= 0.6 is 125 Å². The lowest BCUT2D eigenvalue weighted by atomic mass is 9.98. The fourth-order valence-electron chi connectivity index (χ4n) is 8.71. The molecule has 0 radical (unpaired) electrons. The number of thiophene rings is 10. The van der Waals surface area contributed by atoms with Crippen molar-refractivity contribution in [1.82, 2.24) is 0 Å². The van der Waals surface area contributed by atoms with Gasteiger partial charge >= 0.3 is 0 Å². The second-order valence-corrected chi connectivity index (χ2v) is 29.9. The monoisotopic (exact) mass is 1130 g/mol. The van der Waals surface area contributed by atoms with Gasteiger partial charge in [0, 0.05) is 108 Å². The van der Waals surface area contributed by atoms with E-state index in [0.29, 0.717) is 5.25 Å². The standard InChI is InChI=1S/C61H48S11/c1-5-40-11-15-46(62-40)50-23-24-53(68-50)49-18-14-43(65-49)10-8-9-36(4)37-33-38(44-19-21-54(66-44)56-29-31-60(71-56)58-27-25-51(69-58)47-16-12-41(6-2)63-47)35-39(34-37)45-20-22-55(67-45)57-30-32-61(72-57)59-28-26-52(70-59)48-17-13-42(7-3)64-48/h8-17,19-35,49H,5-7,18H2,1-4H3/b10-8+,36-9+. The maximum absolute atomic E-state index is 2.42. The van der Waals surface area contributed by atoms with Crippen molar-refractivity contribution in [2.45, 2.75) is 58.6 Å². The number of thioether (sulfide) groups is 1. The van der Waals surface area contributed by atoms with Crippen LogP contribution in [0.15, 0.2) is 169 Å². The molecule has 0 fully saturated rings. The zero-order valence-corrected chi connectivity index (χ0v) is 49.0. The van der Waals surface area contributed by atoms with Crippen molar-refractivity contribution in [3.63, 3.8) is 0 Å². The van der Waals surface area contributed by atoms with Crippen LogP contribution in [0.25, 0.3) is 94.7 Å². The summed E-state index contributed by atoms with van der Waals surface area (Å²) in [7, 11) is 0. The second kappa shape index (κ2) is 21.6. The van der Waals surface area contributed by atoms with Crippen LogP contribution in [0.4, 0.5) is 0 Å². The first-order valence-corrected chi connectivity index (χ1v) is 33.2.